The van der Waals surface area contributed by atoms with Gasteiger partial charge in [-0.05, 0) is 50.4 Å². The molecule has 0 heterocycles. The van der Waals surface area contributed by atoms with E-state index >= 15 is 0 Å². The Morgan fingerprint density at radius 2 is 1.77 bits per heavy atom. The molecule has 0 fully saturated rings. The number of benzene rings is 2. The SMILES string of the molecule is CNC(C)CNC(=O)c1ccccc1Nc1ccc(OC(F)F)cc1.Cl. The summed E-state index contributed by atoms with van der Waals surface area (Å²) in [7, 11) is 1.83. The zero-order chi connectivity index (χ0) is 18.2. The fourth-order valence-corrected chi connectivity index (χ4v) is 2.11. The van der Waals surface area contributed by atoms with E-state index in [-0.39, 0.29) is 30.1 Å². The fraction of sp³-hybridized carbons (Fsp3) is 0.278. The topological polar surface area (TPSA) is 62.4 Å². The van der Waals surface area contributed by atoms with Crippen LogP contribution in [0, 0.1) is 0 Å². The van der Waals surface area contributed by atoms with Crippen LogP contribution in [0.1, 0.15) is 17.3 Å². The van der Waals surface area contributed by atoms with E-state index in [1.54, 1.807) is 30.3 Å². The van der Waals surface area contributed by atoms with Gasteiger partial charge in [0.1, 0.15) is 5.75 Å². The second-order valence-corrected chi connectivity index (χ2v) is 5.47. The highest BCUT2D eigenvalue weighted by Gasteiger charge is 2.12. The molecular formula is C18H22ClF2N3O2. The van der Waals surface area contributed by atoms with Gasteiger partial charge in [0.15, 0.2) is 0 Å². The molecule has 5 nitrogen and oxygen atoms in total. The minimum absolute atomic E-state index is 0. The summed E-state index contributed by atoms with van der Waals surface area (Å²) >= 11 is 0. The van der Waals surface area contributed by atoms with Gasteiger partial charge in [0.25, 0.3) is 5.91 Å². The molecule has 0 radical (unpaired) electrons. The van der Waals surface area contributed by atoms with Crippen molar-refractivity contribution < 1.29 is 18.3 Å². The molecule has 0 aliphatic carbocycles. The van der Waals surface area contributed by atoms with Crippen LogP contribution in [0.15, 0.2) is 48.5 Å². The average Bonchev–Trinajstić information content (AvgIpc) is 2.61. The first-order chi connectivity index (χ1) is 12.0. The van der Waals surface area contributed by atoms with Crippen LogP contribution >= 0.6 is 12.4 Å². The molecule has 0 aliphatic rings. The highest BCUT2D eigenvalue weighted by atomic mass is 35.5. The number of para-hydroxylation sites is 1. The van der Waals surface area contributed by atoms with Crippen LogP contribution in [0.5, 0.6) is 5.75 Å². The zero-order valence-electron chi connectivity index (χ0n) is 14.5. The first-order valence-electron chi connectivity index (χ1n) is 7.86. The molecule has 0 saturated heterocycles. The Morgan fingerprint density at radius 3 is 2.38 bits per heavy atom. The highest BCUT2D eigenvalue weighted by molar-refractivity contribution is 6.00. The lowest BCUT2D eigenvalue weighted by Gasteiger charge is -2.15. The van der Waals surface area contributed by atoms with Crippen molar-refractivity contribution in [1.29, 1.82) is 0 Å². The van der Waals surface area contributed by atoms with Gasteiger partial charge in [-0.1, -0.05) is 12.1 Å². The second kappa shape index (κ2) is 10.6. The monoisotopic (exact) mass is 385 g/mol. The van der Waals surface area contributed by atoms with Crippen LogP contribution in [0.25, 0.3) is 0 Å². The van der Waals surface area contributed by atoms with Crippen molar-refractivity contribution in [2.75, 3.05) is 18.9 Å². The summed E-state index contributed by atoms with van der Waals surface area (Å²) in [6.07, 6.45) is 0. The molecule has 3 N–H and O–H groups in total. The number of anilines is 2. The van der Waals surface area contributed by atoms with Gasteiger partial charge < -0.3 is 20.7 Å². The summed E-state index contributed by atoms with van der Waals surface area (Å²) in [6, 6.07) is 13.3. The van der Waals surface area contributed by atoms with Gasteiger partial charge >= 0.3 is 6.61 Å². The van der Waals surface area contributed by atoms with E-state index in [1.165, 1.54) is 12.1 Å². The number of hydrogen-bond donors (Lipinski definition) is 3. The lowest BCUT2D eigenvalue weighted by Crippen LogP contribution is -2.37. The Labute approximate surface area is 157 Å². The smallest absolute Gasteiger partial charge is 0.387 e. The number of halogens is 3. The van der Waals surface area contributed by atoms with E-state index in [0.717, 1.165) is 0 Å². The summed E-state index contributed by atoms with van der Waals surface area (Å²) < 4.78 is 28.7. The lowest BCUT2D eigenvalue weighted by molar-refractivity contribution is -0.0498. The molecule has 0 aromatic heterocycles. The van der Waals surface area contributed by atoms with E-state index in [2.05, 4.69) is 20.7 Å². The van der Waals surface area contributed by atoms with Crippen LogP contribution in [-0.2, 0) is 0 Å². The molecule has 1 unspecified atom stereocenters. The van der Waals surface area contributed by atoms with E-state index in [0.29, 0.717) is 23.5 Å². The predicted octanol–water partition coefficient (Wildman–Crippen LogP) is 3.79. The number of alkyl halides is 2. The number of likely N-dealkylation sites (N-methyl/N-ethyl adjacent to an activating group) is 1. The standard InChI is InChI=1S/C18H21F2N3O2.ClH/c1-12(21-2)11-22-17(24)15-5-3-4-6-16(15)23-13-7-9-14(10-8-13)25-18(19)20;/h3-10,12,18,21,23H,11H2,1-2H3,(H,22,24);1H. The number of hydrogen-bond acceptors (Lipinski definition) is 4. The summed E-state index contributed by atoms with van der Waals surface area (Å²) in [5.41, 5.74) is 1.78. The van der Waals surface area contributed by atoms with E-state index in [4.69, 9.17) is 0 Å². The quantitative estimate of drug-likeness (QED) is 0.647. The third kappa shape index (κ3) is 6.50. The van der Waals surface area contributed by atoms with Gasteiger partial charge in [-0.3, -0.25) is 4.79 Å². The Bertz CT molecular complexity index is 699. The number of carbonyl (C=O) groups is 1. The minimum atomic E-state index is -2.86. The normalized spacial score (nSPS) is 11.4. The number of ether oxygens (including phenoxy) is 1. The van der Waals surface area contributed by atoms with Crippen LogP contribution < -0.4 is 20.7 Å². The molecule has 2 aromatic carbocycles. The van der Waals surface area contributed by atoms with E-state index < -0.39 is 6.61 Å². The molecule has 1 atom stereocenters. The molecule has 8 heteroatoms. The third-order valence-corrected chi connectivity index (χ3v) is 3.59. The summed E-state index contributed by atoms with van der Waals surface area (Å²) in [6.45, 7) is -0.389. The van der Waals surface area contributed by atoms with Crippen molar-refractivity contribution in [2.24, 2.45) is 0 Å². The van der Waals surface area contributed by atoms with Crippen molar-refractivity contribution in [3.8, 4) is 5.75 Å². The average molecular weight is 386 g/mol. The molecule has 142 valence electrons. The molecule has 1 amide bonds. The summed E-state index contributed by atoms with van der Waals surface area (Å²) in [4.78, 5) is 12.4. The van der Waals surface area contributed by atoms with E-state index in [1.807, 2.05) is 20.0 Å². The Hall–Kier alpha value is -2.38. The second-order valence-electron chi connectivity index (χ2n) is 5.47. The van der Waals surface area contributed by atoms with Gasteiger partial charge in [0.05, 0.1) is 11.3 Å². The van der Waals surface area contributed by atoms with Gasteiger partial charge in [0, 0.05) is 18.3 Å². The maximum absolute atomic E-state index is 12.4. The third-order valence-electron chi connectivity index (χ3n) is 3.59. The largest absolute Gasteiger partial charge is 0.435 e. The Balaban J connectivity index is 0.00000338. The van der Waals surface area contributed by atoms with Crippen LogP contribution in [0.4, 0.5) is 20.2 Å². The Morgan fingerprint density at radius 1 is 1.12 bits per heavy atom. The number of rotatable bonds is 8. The maximum atomic E-state index is 12.4. The Kier molecular flexibility index (Phi) is 8.81. The van der Waals surface area contributed by atoms with Crippen molar-refractivity contribution >= 4 is 29.7 Å². The number of amides is 1. The predicted molar refractivity (Wildman–Crippen MR) is 101 cm³/mol. The molecule has 0 spiro atoms. The molecule has 2 aromatic rings. The van der Waals surface area contributed by atoms with Crippen molar-refractivity contribution in [2.45, 2.75) is 19.6 Å². The summed E-state index contributed by atoms with van der Waals surface area (Å²) in [5, 5.41) is 9.03. The molecule has 0 saturated carbocycles. The van der Waals surface area contributed by atoms with Gasteiger partial charge in [0.2, 0.25) is 0 Å². The van der Waals surface area contributed by atoms with Crippen LogP contribution in [0.2, 0.25) is 0 Å². The van der Waals surface area contributed by atoms with Crippen molar-refractivity contribution in [3.63, 3.8) is 0 Å². The molecule has 26 heavy (non-hydrogen) atoms. The molecule has 0 bridgehead atoms. The highest BCUT2D eigenvalue weighted by Crippen LogP contribution is 2.23. The molecular weight excluding hydrogens is 364 g/mol. The molecule has 0 aliphatic heterocycles. The first kappa shape index (κ1) is 21.7. The van der Waals surface area contributed by atoms with Crippen molar-refractivity contribution in [1.82, 2.24) is 10.6 Å². The number of nitrogens with one attached hydrogen (secondary N) is 3. The first-order valence-corrected chi connectivity index (χ1v) is 7.86. The van der Waals surface area contributed by atoms with Crippen molar-refractivity contribution in [3.05, 3.63) is 54.1 Å². The number of carbonyl (C=O) groups excluding carboxylic acids is 1. The maximum Gasteiger partial charge on any atom is 0.387 e. The molecule has 2 rings (SSSR count). The van der Waals surface area contributed by atoms with Crippen LogP contribution in [0.3, 0.4) is 0 Å². The minimum Gasteiger partial charge on any atom is -0.435 e. The van der Waals surface area contributed by atoms with Gasteiger partial charge in [-0.15, -0.1) is 12.4 Å². The lowest BCUT2D eigenvalue weighted by atomic mass is 10.1. The zero-order valence-corrected chi connectivity index (χ0v) is 15.3. The summed E-state index contributed by atoms with van der Waals surface area (Å²) in [5.74, 6) is -0.115. The van der Waals surface area contributed by atoms with Gasteiger partial charge in [-0.25, -0.2) is 0 Å². The van der Waals surface area contributed by atoms with Crippen LogP contribution in [-0.4, -0.2) is 32.2 Å². The fourth-order valence-electron chi connectivity index (χ4n) is 2.11. The van der Waals surface area contributed by atoms with E-state index in [9.17, 15) is 13.6 Å². The van der Waals surface area contributed by atoms with Gasteiger partial charge in [-0.2, -0.15) is 8.78 Å².